The van der Waals surface area contributed by atoms with Crippen LogP contribution in [-0.4, -0.2) is 20.4 Å². The summed E-state index contributed by atoms with van der Waals surface area (Å²) < 4.78 is 2.01. The molecule has 5 heteroatoms. The maximum Gasteiger partial charge on any atom is 0.164 e. The molecule has 0 aliphatic carbocycles. The van der Waals surface area contributed by atoms with Gasteiger partial charge in [-0.25, -0.2) is 9.97 Å². The molecule has 4 nitrogen and oxygen atoms in total. The minimum Gasteiger partial charge on any atom is -0.281 e. The smallest absolute Gasteiger partial charge is 0.164 e. The predicted molar refractivity (Wildman–Crippen MR) is 82.7 cm³/mol. The minimum atomic E-state index is 0.499. The van der Waals surface area contributed by atoms with Gasteiger partial charge in [-0.05, 0) is 42.8 Å². The van der Waals surface area contributed by atoms with Gasteiger partial charge in [0.05, 0.1) is 11.6 Å². The lowest BCUT2D eigenvalue weighted by molar-refractivity contribution is 0.905. The molecule has 0 unspecified atom stereocenters. The Morgan fingerprint density at radius 3 is 2.67 bits per heavy atom. The Bertz CT molecular complexity index is 828. The summed E-state index contributed by atoms with van der Waals surface area (Å²) >= 11 is 5.89. The van der Waals surface area contributed by atoms with E-state index in [4.69, 9.17) is 16.9 Å². The molecule has 0 radical (unpaired) electrons. The highest BCUT2D eigenvalue weighted by molar-refractivity contribution is 6.17. The maximum absolute atomic E-state index is 8.91. The Hall–Kier alpha value is -2.38. The van der Waals surface area contributed by atoms with Crippen molar-refractivity contribution in [2.75, 3.05) is 5.88 Å². The highest BCUT2D eigenvalue weighted by Gasteiger charge is 2.14. The number of benzene rings is 1. The number of pyridine rings is 1. The van der Waals surface area contributed by atoms with Crippen molar-refractivity contribution in [3.05, 3.63) is 53.5 Å². The average molecular weight is 297 g/mol. The van der Waals surface area contributed by atoms with Gasteiger partial charge in [0.1, 0.15) is 11.3 Å². The first-order chi connectivity index (χ1) is 10.2. The molecule has 2 heterocycles. The first kappa shape index (κ1) is 13.6. The third-order valence-electron chi connectivity index (χ3n) is 3.39. The van der Waals surface area contributed by atoms with Crippen LogP contribution in [0, 0.1) is 18.3 Å². The fraction of sp³-hybridized carbons (Fsp3) is 0.188. The van der Waals surface area contributed by atoms with Gasteiger partial charge in [-0.2, -0.15) is 5.26 Å². The standard InChI is InChI=1S/C16H13ClN4/c1-11-7-9-19-16-15(11)20-14(6-8-17)21(16)13-4-2-12(10-18)3-5-13/h2-5,7,9H,6,8H2,1H3. The van der Waals surface area contributed by atoms with Crippen molar-refractivity contribution in [1.29, 1.82) is 5.26 Å². The molecule has 1 aromatic carbocycles. The number of nitriles is 1. The van der Waals surface area contributed by atoms with E-state index < -0.39 is 0 Å². The minimum absolute atomic E-state index is 0.499. The Morgan fingerprint density at radius 2 is 2.00 bits per heavy atom. The molecule has 0 amide bonds. The normalized spacial score (nSPS) is 10.7. The molecule has 3 rings (SSSR count). The number of aryl methyl sites for hydroxylation is 2. The number of rotatable bonds is 3. The zero-order chi connectivity index (χ0) is 14.8. The monoisotopic (exact) mass is 296 g/mol. The Labute approximate surface area is 127 Å². The molecule has 0 aliphatic rings. The Kier molecular flexibility index (Phi) is 3.59. The second kappa shape index (κ2) is 5.55. The SMILES string of the molecule is Cc1ccnc2c1nc(CCCl)n2-c1ccc(C#N)cc1. The van der Waals surface area contributed by atoms with E-state index >= 15 is 0 Å². The van der Waals surface area contributed by atoms with Gasteiger partial charge >= 0.3 is 0 Å². The Morgan fingerprint density at radius 1 is 1.24 bits per heavy atom. The van der Waals surface area contributed by atoms with Crippen molar-refractivity contribution in [3.63, 3.8) is 0 Å². The second-order valence-electron chi connectivity index (χ2n) is 4.76. The lowest BCUT2D eigenvalue weighted by Crippen LogP contribution is -2.03. The third kappa shape index (κ3) is 2.37. The highest BCUT2D eigenvalue weighted by Crippen LogP contribution is 2.23. The molecular formula is C16H13ClN4. The zero-order valence-electron chi connectivity index (χ0n) is 11.5. The number of alkyl halides is 1. The van der Waals surface area contributed by atoms with Gasteiger partial charge in [-0.1, -0.05) is 0 Å². The van der Waals surface area contributed by atoms with Crippen LogP contribution in [0.2, 0.25) is 0 Å². The third-order valence-corrected chi connectivity index (χ3v) is 3.58. The molecule has 0 fully saturated rings. The molecule has 21 heavy (non-hydrogen) atoms. The maximum atomic E-state index is 8.91. The lowest BCUT2D eigenvalue weighted by atomic mass is 10.2. The van der Waals surface area contributed by atoms with Crippen LogP contribution < -0.4 is 0 Å². The summed E-state index contributed by atoms with van der Waals surface area (Å²) in [4.78, 5) is 9.13. The van der Waals surface area contributed by atoms with Gasteiger partial charge in [-0.15, -0.1) is 11.6 Å². The fourth-order valence-corrected chi connectivity index (χ4v) is 2.52. The number of nitrogens with zero attached hydrogens (tertiary/aromatic N) is 4. The summed E-state index contributed by atoms with van der Waals surface area (Å²) in [5.41, 5.74) is 4.37. The van der Waals surface area contributed by atoms with Gasteiger partial charge in [0, 0.05) is 24.2 Å². The van der Waals surface area contributed by atoms with E-state index in [9.17, 15) is 0 Å². The molecule has 0 N–H and O–H groups in total. The van der Waals surface area contributed by atoms with E-state index in [1.54, 1.807) is 18.3 Å². The molecule has 0 atom stereocenters. The summed E-state index contributed by atoms with van der Waals surface area (Å²) in [7, 11) is 0. The molecule has 0 aliphatic heterocycles. The molecule has 0 bridgehead atoms. The first-order valence-electron chi connectivity index (χ1n) is 6.64. The molecule has 104 valence electrons. The van der Waals surface area contributed by atoms with E-state index in [2.05, 4.69) is 16.0 Å². The Balaban J connectivity index is 2.25. The van der Waals surface area contributed by atoms with Crippen LogP contribution in [0.25, 0.3) is 16.9 Å². The summed E-state index contributed by atoms with van der Waals surface area (Å²) in [5.74, 6) is 1.38. The van der Waals surface area contributed by atoms with Crippen LogP contribution in [0.3, 0.4) is 0 Å². The summed E-state index contributed by atoms with van der Waals surface area (Å²) in [6, 6.07) is 11.5. The van der Waals surface area contributed by atoms with Crippen molar-refractivity contribution < 1.29 is 0 Å². The van der Waals surface area contributed by atoms with E-state index in [1.165, 1.54) is 0 Å². The quantitative estimate of drug-likeness (QED) is 0.696. The number of hydrogen-bond acceptors (Lipinski definition) is 3. The lowest BCUT2D eigenvalue weighted by Gasteiger charge is -2.08. The molecule has 0 spiro atoms. The first-order valence-corrected chi connectivity index (χ1v) is 7.17. The zero-order valence-corrected chi connectivity index (χ0v) is 12.3. The molecule has 2 aromatic heterocycles. The molecule has 0 saturated heterocycles. The number of imidazole rings is 1. The van der Waals surface area contributed by atoms with Crippen LogP contribution in [0.4, 0.5) is 0 Å². The van der Waals surface area contributed by atoms with Crippen LogP contribution >= 0.6 is 11.6 Å². The van der Waals surface area contributed by atoms with Crippen LogP contribution in [0.5, 0.6) is 0 Å². The number of halogens is 1. The van der Waals surface area contributed by atoms with Gasteiger partial charge < -0.3 is 0 Å². The van der Waals surface area contributed by atoms with Crippen LogP contribution in [0.15, 0.2) is 36.5 Å². The van der Waals surface area contributed by atoms with Crippen molar-refractivity contribution in [3.8, 4) is 11.8 Å². The number of fused-ring (bicyclic) bond motifs is 1. The summed E-state index contributed by atoms with van der Waals surface area (Å²) in [6.07, 6.45) is 2.45. The van der Waals surface area contributed by atoms with Crippen molar-refractivity contribution in [2.24, 2.45) is 0 Å². The topological polar surface area (TPSA) is 54.5 Å². The van der Waals surface area contributed by atoms with Crippen molar-refractivity contribution in [1.82, 2.24) is 14.5 Å². The van der Waals surface area contributed by atoms with Crippen LogP contribution in [0.1, 0.15) is 17.0 Å². The number of aromatic nitrogens is 3. The number of hydrogen-bond donors (Lipinski definition) is 0. The highest BCUT2D eigenvalue weighted by atomic mass is 35.5. The van der Waals surface area contributed by atoms with Crippen LogP contribution in [-0.2, 0) is 6.42 Å². The molecule has 0 saturated carbocycles. The summed E-state index contributed by atoms with van der Waals surface area (Å²) in [5, 5.41) is 8.91. The van der Waals surface area contributed by atoms with Gasteiger partial charge in [0.2, 0.25) is 0 Å². The fourth-order valence-electron chi connectivity index (χ4n) is 2.35. The molecule has 3 aromatic rings. The van der Waals surface area contributed by atoms with E-state index in [0.717, 1.165) is 28.2 Å². The van der Waals surface area contributed by atoms with Crippen molar-refractivity contribution >= 4 is 22.8 Å². The molecular weight excluding hydrogens is 284 g/mol. The predicted octanol–water partition coefficient (Wildman–Crippen LogP) is 3.38. The van der Waals surface area contributed by atoms with E-state index in [1.807, 2.05) is 29.7 Å². The van der Waals surface area contributed by atoms with Gasteiger partial charge in [0.15, 0.2) is 5.65 Å². The van der Waals surface area contributed by atoms with Crippen molar-refractivity contribution in [2.45, 2.75) is 13.3 Å². The summed E-state index contributed by atoms with van der Waals surface area (Å²) in [6.45, 7) is 2.02. The van der Waals surface area contributed by atoms with E-state index in [-0.39, 0.29) is 0 Å². The van der Waals surface area contributed by atoms with E-state index in [0.29, 0.717) is 17.9 Å². The second-order valence-corrected chi connectivity index (χ2v) is 5.14. The largest absolute Gasteiger partial charge is 0.281 e. The van der Waals surface area contributed by atoms with Gasteiger partial charge in [-0.3, -0.25) is 4.57 Å². The van der Waals surface area contributed by atoms with Gasteiger partial charge in [0.25, 0.3) is 0 Å². The average Bonchev–Trinajstić information content (AvgIpc) is 2.87.